The fraction of sp³-hybridized carbons (Fsp3) is 0.250. The molecule has 1 heterocycles. The van der Waals surface area contributed by atoms with Gasteiger partial charge in [-0.25, -0.2) is 4.90 Å². The van der Waals surface area contributed by atoms with E-state index in [2.05, 4.69) is 0 Å². The lowest BCUT2D eigenvalue weighted by Gasteiger charge is -2.26. The summed E-state index contributed by atoms with van der Waals surface area (Å²) in [5, 5.41) is 9.31. The SMILES string of the molecule is N#CN(Cc1ccccc1)C(=O)c1ccc(C(=O)N2CCOCC2)cc1. The van der Waals surface area contributed by atoms with E-state index in [0.29, 0.717) is 37.4 Å². The Morgan fingerprint density at radius 3 is 2.23 bits per heavy atom. The van der Waals surface area contributed by atoms with Gasteiger partial charge in [-0.1, -0.05) is 30.3 Å². The summed E-state index contributed by atoms with van der Waals surface area (Å²) >= 11 is 0. The van der Waals surface area contributed by atoms with Gasteiger partial charge in [0.1, 0.15) is 0 Å². The third kappa shape index (κ3) is 4.08. The Hall–Kier alpha value is -3.17. The average Bonchev–Trinajstić information content (AvgIpc) is 2.72. The second-order valence-corrected chi connectivity index (χ2v) is 5.96. The summed E-state index contributed by atoms with van der Waals surface area (Å²) in [7, 11) is 0. The maximum atomic E-state index is 12.6. The molecule has 0 saturated carbocycles. The van der Waals surface area contributed by atoms with Crippen LogP contribution in [0, 0.1) is 11.5 Å². The first-order valence-electron chi connectivity index (χ1n) is 8.41. The first-order chi connectivity index (χ1) is 12.7. The van der Waals surface area contributed by atoms with Crippen LogP contribution in [0.3, 0.4) is 0 Å². The topological polar surface area (TPSA) is 73.6 Å². The quantitative estimate of drug-likeness (QED) is 0.627. The highest BCUT2D eigenvalue weighted by molar-refractivity contribution is 5.98. The average molecular weight is 349 g/mol. The van der Waals surface area contributed by atoms with Gasteiger partial charge in [0, 0.05) is 24.2 Å². The molecule has 26 heavy (non-hydrogen) atoms. The van der Waals surface area contributed by atoms with Gasteiger partial charge >= 0.3 is 0 Å². The van der Waals surface area contributed by atoms with Crippen molar-refractivity contribution in [3.05, 3.63) is 71.3 Å². The van der Waals surface area contributed by atoms with Gasteiger partial charge in [0.25, 0.3) is 11.8 Å². The third-order valence-electron chi connectivity index (χ3n) is 4.23. The standard InChI is InChI=1S/C20H19N3O3/c21-15-23(14-16-4-2-1-3-5-16)20(25)18-8-6-17(7-9-18)19(24)22-10-12-26-13-11-22/h1-9H,10-14H2. The molecule has 3 rings (SSSR count). The number of carbonyl (C=O) groups is 2. The summed E-state index contributed by atoms with van der Waals surface area (Å²) in [4.78, 5) is 27.8. The van der Waals surface area contributed by atoms with Crippen LogP contribution in [-0.4, -0.2) is 47.9 Å². The zero-order valence-corrected chi connectivity index (χ0v) is 14.3. The maximum Gasteiger partial charge on any atom is 0.267 e. The molecule has 0 radical (unpaired) electrons. The van der Waals surface area contributed by atoms with E-state index in [1.807, 2.05) is 36.5 Å². The van der Waals surface area contributed by atoms with Crippen molar-refractivity contribution in [1.29, 1.82) is 5.26 Å². The minimum absolute atomic E-state index is 0.0753. The van der Waals surface area contributed by atoms with Crippen LogP contribution in [0.25, 0.3) is 0 Å². The first kappa shape index (κ1) is 17.6. The van der Waals surface area contributed by atoms with E-state index < -0.39 is 0 Å². The van der Waals surface area contributed by atoms with Gasteiger partial charge in [0.05, 0.1) is 19.8 Å². The fourth-order valence-corrected chi connectivity index (χ4v) is 2.78. The van der Waals surface area contributed by atoms with Crippen molar-refractivity contribution in [3.63, 3.8) is 0 Å². The Kier molecular flexibility index (Phi) is 5.62. The molecule has 132 valence electrons. The molecule has 0 aliphatic carbocycles. The molecule has 0 bridgehead atoms. The van der Waals surface area contributed by atoms with E-state index in [1.54, 1.807) is 29.2 Å². The smallest absolute Gasteiger partial charge is 0.267 e. The number of carbonyl (C=O) groups excluding carboxylic acids is 2. The van der Waals surface area contributed by atoms with Crippen LogP contribution in [0.5, 0.6) is 0 Å². The number of morpholine rings is 1. The molecule has 2 aromatic carbocycles. The highest BCUT2D eigenvalue weighted by Crippen LogP contribution is 2.13. The molecule has 2 amide bonds. The van der Waals surface area contributed by atoms with Gasteiger partial charge < -0.3 is 9.64 Å². The predicted molar refractivity (Wildman–Crippen MR) is 95.1 cm³/mol. The Morgan fingerprint density at radius 2 is 1.62 bits per heavy atom. The van der Waals surface area contributed by atoms with Crippen LogP contribution in [0.1, 0.15) is 26.3 Å². The number of nitriles is 1. The summed E-state index contributed by atoms with van der Waals surface area (Å²) in [6.07, 6.45) is 1.93. The van der Waals surface area contributed by atoms with Gasteiger partial charge in [0.2, 0.25) is 0 Å². The molecule has 1 saturated heterocycles. The van der Waals surface area contributed by atoms with Crippen LogP contribution in [0.2, 0.25) is 0 Å². The van der Waals surface area contributed by atoms with Gasteiger partial charge in [-0.2, -0.15) is 5.26 Å². The highest BCUT2D eigenvalue weighted by Gasteiger charge is 2.20. The number of nitrogens with zero attached hydrogens (tertiary/aromatic N) is 3. The molecule has 1 fully saturated rings. The highest BCUT2D eigenvalue weighted by atomic mass is 16.5. The number of benzene rings is 2. The molecule has 2 aromatic rings. The van der Waals surface area contributed by atoms with E-state index in [4.69, 9.17) is 4.74 Å². The largest absolute Gasteiger partial charge is 0.378 e. The summed E-state index contributed by atoms with van der Waals surface area (Å²) in [5.74, 6) is -0.463. The van der Waals surface area contributed by atoms with Crippen LogP contribution in [0.15, 0.2) is 54.6 Å². The lowest BCUT2D eigenvalue weighted by molar-refractivity contribution is 0.0303. The molecule has 0 unspecified atom stereocenters. The minimum atomic E-state index is -0.387. The molecule has 6 heteroatoms. The molecular formula is C20H19N3O3. The normalized spacial score (nSPS) is 13.7. The molecule has 0 N–H and O–H groups in total. The van der Waals surface area contributed by atoms with E-state index in [-0.39, 0.29) is 18.4 Å². The number of amides is 2. The monoisotopic (exact) mass is 349 g/mol. The Balaban J connectivity index is 1.69. The molecule has 0 spiro atoms. The van der Waals surface area contributed by atoms with Gasteiger partial charge in [0.15, 0.2) is 6.19 Å². The van der Waals surface area contributed by atoms with Crippen LogP contribution >= 0.6 is 0 Å². The molecule has 1 aliphatic heterocycles. The molecule has 0 atom stereocenters. The zero-order valence-electron chi connectivity index (χ0n) is 14.3. The predicted octanol–water partition coefficient (Wildman–Crippen LogP) is 2.28. The Labute approximate surface area is 152 Å². The summed E-state index contributed by atoms with van der Waals surface area (Å²) in [5.41, 5.74) is 1.78. The summed E-state index contributed by atoms with van der Waals surface area (Å²) < 4.78 is 5.25. The van der Waals surface area contributed by atoms with Crippen molar-refractivity contribution in [2.24, 2.45) is 0 Å². The lowest BCUT2D eigenvalue weighted by Crippen LogP contribution is -2.40. The van der Waals surface area contributed by atoms with E-state index in [0.717, 1.165) is 10.5 Å². The second-order valence-electron chi connectivity index (χ2n) is 5.96. The van der Waals surface area contributed by atoms with Crippen molar-refractivity contribution in [2.45, 2.75) is 6.54 Å². The number of rotatable bonds is 4. The first-order valence-corrected chi connectivity index (χ1v) is 8.41. The minimum Gasteiger partial charge on any atom is -0.378 e. The number of ether oxygens (including phenoxy) is 1. The Morgan fingerprint density at radius 1 is 1.00 bits per heavy atom. The van der Waals surface area contributed by atoms with Crippen LogP contribution in [0.4, 0.5) is 0 Å². The fourth-order valence-electron chi connectivity index (χ4n) is 2.78. The van der Waals surface area contributed by atoms with Crippen molar-refractivity contribution >= 4 is 11.8 Å². The zero-order chi connectivity index (χ0) is 18.4. The summed E-state index contributed by atoms with van der Waals surface area (Å²) in [6, 6.07) is 15.8. The molecular weight excluding hydrogens is 330 g/mol. The van der Waals surface area contributed by atoms with Gasteiger partial charge in [-0.15, -0.1) is 0 Å². The van der Waals surface area contributed by atoms with Crippen molar-refractivity contribution < 1.29 is 14.3 Å². The number of hydrogen-bond donors (Lipinski definition) is 0. The molecule has 0 aromatic heterocycles. The van der Waals surface area contributed by atoms with Crippen molar-refractivity contribution in [1.82, 2.24) is 9.80 Å². The van der Waals surface area contributed by atoms with E-state index in [1.165, 1.54) is 0 Å². The molecule has 6 nitrogen and oxygen atoms in total. The van der Waals surface area contributed by atoms with Crippen molar-refractivity contribution in [3.8, 4) is 6.19 Å². The van der Waals surface area contributed by atoms with E-state index >= 15 is 0 Å². The Bertz CT molecular complexity index is 806. The lowest BCUT2D eigenvalue weighted by atomic mass is 10.1. The van der Waals surface area contributed by atoms with E-state index in [9.17, 15) is 14.9 Å². The van der Waals surface area contributed by atoms with Gasteiger partial charge in [-0.3, -0.25) is 9.59 Å². The molecule has 1 aliphatic rings. The van der Waals surface area contributed by atoms with Gasteiger partial charge in [-0.05, 0) is 29.8 Å². The summed E-state index contributed by atoms with van der Waals surface area (Å²) in [6.45, 7) is 2.43. The number of hydrogen-bond acceptors (Lipinski definition) is 4. The van der Waals surface area contributed by atoms with Crippen LogP contribution < -0.4 is 0 Å². The third-order valence-corrected chi connectivity index (χ3v) is 4.23. The van der Waals surface area contributed by atoms with Crippen molar-refractivity contribution in [2.75, 3.05) is 26.3 Å². The second kappa shape index (κ2) is 8.28. The van der Waals surface area contributed by atoms with Crippen LogP contribution in [-0.2, 0) is 11.3 Å². The maximum absolute atomic E-state index is 12.6.